The van der Waals surface area contributed by atoms with E-state index in [1.807, 2.05) is 6.33 Å². The van der Waals surface area contributed by atoms with Crippen LogP contribution in [0.15, 0.2) is 6.33 Å². The van der Waals surface area contributed by atoms with Gasteiger partial charge in [-0.05, 0) is 38.8 Å². The molecule has 4 heteroatoms. The van der Waals surface area contributed by atoms with Crippen LogP contribution in [0.2, 0.25) is 0 Å². The number of nitrogens with zero attached hydrogens (tertiary/aromatic N) is 3. The standard InChI is InChI=1S/C13H24N4/c1-3-5-13(6-8-14-9-7-13)12-16-15-11-17(12)10-4-2/h11,14H,3-10H2,1-2H3. The highest BCUT2D eigenvalue weighted by molar-refractivity contribution is 5.10. The molecule has 0 amide bonds. The van der Waals surface area contributed by atoms with Gasteiger partial charge in [-0.2, -0.15) is 0 Å². The summed E-state index contributed by atoms with van der Waals surface area (Å²) in [5.41, 5.74) is 0.270. The van der Waals surface area contributed by atoms with E-state index in [2.05, 4.69) is 33.9 Å². The van der Waals surface area contributed by atoms with Crippen molar-refractivity contribution >= 4 is 0 Å². The Labute approximate surface area is 104 Å². The van der Waals surface area contributed by atoms with Crippen molar-refractivity contribution in [2.75, 3.05) is 13.1 Å². The van der Waals surface area contributed by atoms with Gasteiger partial charge in [0.1, 0.15) is 12.2 Å². The van der Waals surface area contributed by atoms with E-state index in [-0.39, 0.29) is 5.41 Å². The van der Waals surface area contributed by atoms with Gasteiger partial charge in [0.05, 0.1) is 0 Å². The maximum atomic E-state index is 4.43. The maximum Gasteiger partial charge on any atom is 0.139 e. The first-order chi connectivity index (χ1) is 8.32. The average Bonchev–Trinajstić information content (AvgIpc) is 2.80. The molecule has 17 heavy (non-hydrogen) atoms. The van der Waals surface area contributed by atoms with Gasteiger partial charge in [-0.3, -0.25) is 0 Å². The van der Waals surface area contributed by atoms with Gasteiger partial charge in [0.25, 0.3) is 0 Å². The predicted octanol–water partition coefficient (Wildman–Crippen LogP) is 2.11. The number of piperidine rings is 1. The molecule has 0 aromatic carbocycles. The molecule has 1 aliphatic rings. The van der Waals surface area contributed by atoms with Crippen LogP contribution in [0.4, 0.5) is 0 Å². The number of hydrogen-bond acceptors (Lipinski definition) is 3. The summed E-state index contributed by atoms with van der Waals surface area (Å²) in [5.74, 6) is 1.22. The lowest BCUT2D eigenvalue weighted by molar-refractivity contribution is 0.261. The fraction of sp³-hybridized carbons (Fsp3) is 0.846. The van der Waals surface area contributed by atoms with E-state index in [4.69, 9.17) is 0 Å². The molecule has 0 atom stereocenters. The van der Waals surface area contributed by atoms with E-state index in [0.29, 0.717) is 0 Å². The molecule has 0 spiro atoms. The van der Waals surface area contributed by atoms with E-state index in [9.17, 15) is 0 Å². The number of aromatic nitrogens is 3. The smallest absolute Gasteiger partial charge is 0.139 e. The molecule has 1 aliphatic heterocycles. The Kier molecular flexibility index (Phi) is 4.15. The predicted molar refractivity (Wildman–Crippen MR) is 69.0 cm³/mol. The van der Waals surface area contributed by atoms with E-state index in [1.165, 1.54) is 31.5 Å². The molecular weight excluding hydrogens is 212 g/mol. The van der Waals surface area contributed by atoms with Crippen LogP contribution in [0.3, 0.4) is 0 Å². The van der Waals surface area contributed by atoms with Crippen molar-refractivity contribution < 1.29 is 0 Å². The van der Waals surface area contributed by atoms with Crippen molar-refractivity contribution in [1.82, 2.24) is 20.1 Å². The third-order valence-electron chi connectivity index (χ3n) is 3.84. The summed E-state index contributed by atoms with van der Waals surface area (Å²) >= 11 is 0. The summed E-state index contributed by atoms with van der Waals surface area (Å²) in [6.45, 7) is 7.74. The number of rotatable bonds is 5. The molecule has 0 saturated carbocycles. The van der Waals surface area contributed by atoms with Crippen LogP contribution >= 0.6 is 0 Å². The van der Waals surface area contributed by atoms with Crippen molar-refractivity contribution in [3.05, 3.63) is 12.2 Å². The third-order valence-corrected chi connectivity index (χ3v) is 3.84. The van der Waals surface area contributed by atoms with Crippen LogP contribution in [0, 0.1) is 0 Å². The molecule has 96 valence electrons. The Morgan fingerprint density at radius 3 is 2.71 bits per heavy atom. The molecule has 0 bridgehead atoms. The number of aryl methyl sites for hydroxylation is 1. The van der Waals surface area contributed by atoms with Gasteiger partial charge in [-0.1, -0.05) is 20.3 Å². The fourth-order valence-electron chi connectivity index (χ4n) is 3.04. The largest absolute Gasteiger partial charge is 0.317 e. The van der Waals surface area contributed by atoms with Gasteiger partial charge < -0.3 is 9.88 Å². The first kappa shape index (κ1) is 12.6. The molecule has 1 fully saturated rings. The maximum absolute atomic E-state index is 4.43. The lowest BCUT2D eigenvalue weighted by atomic mass is 9.74. The molecule has 0 aliphatic carbocycles. The van der Waals surface area contributed by atoms with Crippen molar-refractivity contribution in [3.8, 4) is 0 Å². The second kappa shape index (κ2) is 5.63. The zero-order chi connectivity index (χ0) is 12.1. The molecule has 1 aromatic rings. The van der Waals surface area contributed by atoms with Gasteiger partial charge in [-0.25, -0.2) is 0 Å². The summed E-state index contributed by atoms with van der Waals surface area (Å²) < 4.78 is 2.26. The highest BCUT2D eigenvalue weighted by atomic mass is 15.3. The Balaban J connectivity index is 2.27. The van der Waals surface area contributed by atoms with Crippen LogP contribution in [-0.2, 0) is 12.0 Å². The molecule has 0 unspecified atom stereocenters. The molecule has 4 nitrogen and oxygen atoms in total. The SMILES string of the molecule is CCCn1cnnc1C1(CCC)CCNCC1. The Hall–Kier alpha value is -0.900. The highest BCUT2D eigenvalue weighted by Crippen LogP contribution is 2.36. The average molecular weight is 236 g/mol. The first-order valence-corrected chi connectivity index (χ1v) is 6.91. The molecule has 2 heterocycles. The van der Waals surface area contributed by atoms with E-state index < -0.39 is 0 Å². The summed E-state index contributed by atoms with van der Waals surface area (Å²) in [6.07, 6.45) is 7.90. The van der Waals surface area contributed by atoms with Gasteiger partial charge in [0.2, 0.25) is 0 Å². The number of hydrogen-bond donors (Lipinski definition) is 1. The summed E-state index contributed by atoms with van der Waals surface area (Å²) in [6, 6.07) is 0. The molecule has 2 rings (SSSR count). The van der Waals surface area contributed by atoms with E-state index >= 15 is 0 Å². The van der Waals surface area contributed by atoms with Gasteiger partial charge in [-0.15, -0.1) is 10.2 Å². The van der Waals surface area contributed by atoms with E-state index in [0.717, 1.165) is 26.1 Å². The quantitative estimate of drug-likeness (QED) is 0.851. The summed E-state index contributed by atoms with van der Waals surface area (Å²) in [4.78, 5) is 0. The first-order valence-electron chi connectivity index (χ1n) is 6.91. The summed E-state index contributed by atoms with van der Waals surface area (Å²) in [7, 11) is 0. The normalized spacial score (nSPS) is 19.4. The Morgan fingerprint density at radius 1 is 1.29 bits per heavy atom. The minimum Gasteiger partial charge on any atom is -0.317 e. The van der Waals surface area contributed by atoms with Crippen molar-refractivity contribution in [1.29, 1.82) is 0 Å². The third kappa shape index (κ3) is 2.51. The Bertz CT molecular complexity index is 333. The molecule has 1 N–H and O–H groups in total. The van der Waals surface area contributed by atoms with Crippen molar-refractivity contribution in [3.63, 3.8) is 0 Å². The van der Waals surface area contributed by atoms with Crippen LogP contribution in [0.1, 0.15) is 51.8 Å². The minimum absolute atomic E-state index is 0.270. The van der Waals surface area contributed by atoms with Crippen LogP contribution < -0.4 is 5.32 Å². The Morgan fingerprint density at radius 2 is 2.06 bits per heavy atom. The molecule has 1 aromatic heterocycles. The van der Waals surface area contributed by atoms with Crippen molar-refractivity contribution in [2.45, 2.75) is 57.9 Å². The van der Waals surface area contributed by atoms with Gasteiger partial charge in [0, 0.05) is 12.0 Å². The van der Waals surface area contributed by atoms with Gasteiger partial charge >= 0.3 is 0 Å². The second-order valence-corrected chi connectivity index (χ2v) is 5.13. The highest BCUT2D eigenvalue weighted by Gasteiger charge is 2.37. The second-order valence-electron chi connectivity index (χ2n) is 5.13. The number of nitrogens with one attached hydrogen (secondary N) is 1. The monoisotopic (exact) mass is 236 g/mol. The topological polar surface area (TPSA) is 42.7 Å². The zero-order valence-corrected chi connectivity index (χ0v) is 11.1. The lowest BCUT2D eigenvalue weighted by Crippen LogP contribution is -2.41. The molecule has 0 radical (unpaired) electrons. The van der Waals surface area contributed by atoms with Crippen LogP contribution in [0.25, 0.3) is 0 Å². The lowest BCUT2D eigenvalue weighted by Gasteiger charge is -2.36. The van der Waals surface area contributed by atoms with Crippen LogP contribution in [0.5, 0.6) is 0 Å². The fourth-order valence-corrected chi connectivity index (χ4v) is 3.04. The molecular formula is C13H24N4. The van der Waals surface area contributed by atoms with Crippen LogP contribution in [-0.4, -0.2) is 27.9 Å². The molecule has 1 saturated heterocycles. The van der Waals surface area contributed by atoms with Gasteiger partial charge in [0.15, 0.2) is 0 Å². The summed E-state index contributed by atoms with van der Waals surface area (Å²) in [5, 5.41) is 12.0. The van der Waals surface area contributed by atoms with Crippen molar-refractivity contribution in [2.24, 2.45) is 0 Å². The zero-order valence-electron chi connectivity index (χ0n) is 11.1. The minimum atomic E-state index is 0.270. The van der Waals surface area contributed by atoms with E-state index in [1.54, 1.807) is 0 Å².